The van der Waals surface area contributed by atoms with Crippen LogP contribution < -0.4 is 19.1 Å². The van der Waals surface area contributed by atoms with Crippen molar-refractivity contribution in [2.45, 2.75) is 17.9 Å². The van der Waals surface area contributed by atoms with Gasteiger partial charge in [0.2, 0.25) is 5.91 Å². The minimum absolute atomic E-state index is 0.0353. The number of hydrogen-bond donors (Lipinski definition) is 1. The molecular formula is C24H26N2O5S. The Balaban J connectivity index is 1.94. The molecule has 0 heterocycles. The summed E-state index contributed by atoms with van der Waals surface area (Å²) < 4.78 is 38.6. The monoisotopic (exact) mass is 454 g/mol. The number of carbonyl (C=O) groups is 1. The van der Waals surface area contributed by atoms with E-state index < -0.39 is 22.5 Å². The van der Waals surface area contributed by atoms with Gasteiger partial charge in [0.15, 0.2) is 0 Å². The van der Waals surface area contributed by atoms with E-state index in [0.717, 1.165) is 9.87 Å². The van der Waals surface area contributed by atoms with Gasteiger partial charge in [-0.25, -0.2) is 8.42 Å². The summed E-state index contributed by atoms with van der Waals surface area (Å²) in [6, 6.07) is 21.9. The van der Waals surface area contributed by atoms with E-state index in [9.17, 15) is 13.2 Å². The summed E-state index contributed by atoms with van der Waals surface area (Å²) in [4.78, 5) is 12.9. The van der Waals surface area contributed by atoms with Crippen LogP contribution >= 0.6 is 0 Å². The second-order valence-corrected chi connectivity index (χ2v) is 8.92. The highest BCUT2D eigenvalue weighted by molar-refractivity contribution is 7.92. The lowest BCUT2D eigenvalue weighted by Gasteiger charge is -2.26. The Bertz CT molecular complexity index is 1150. The van der Waals surface area contributed by atoms with Crippen LogP contribution in [-0.4, -0.2) is 35.1 Å². The maximum absolute atomic E-state index is 13.5. The zero-order valence-corrected chi connectivity index (χ0v) is 19.0. The summed E-state index contributed by atoms with van der Waals surface area (Å²) in [6.07, 6.45) is 0. The molecule has 3 rings (SSSR count). The van der Waals surface area contributed by atoms with Gasteiger partial charge >= 0.3 is 0 Å². The Labute approximate surface area is 188 Å². The smallest absolute Gasteiger partial charge is 0.264 e. The summed E-state index contributed by atoms with van der Waals surface area (Å²) in [5.74, 6) is 0.431. The van der Waals surface area contributed by atoms with Gasteiger partial charge in [0, 0.05) is 0 Å². The fraction of sp³-hybridized carbons (Fsp3) is 0.208. The number of nitrogens with one attached hydrogen (secondary N) is 1. The third-order valence-electron chi connectivity index (χ3n) is 4.97. The average Bonchev–Trinajstić information content (AvgIpc) is 2.83. The minimum atomic E-state index is -4.07. The highest BCUT2D eigenvalue weighted by Gasteiger charge is 2.29. The molecule has 0 saturated heterocycles. The number of ether oxygens (including phenoxy) is 2. The number of nitrogens with zero attached hydrogens (tertiary/aromatic N) is 1. The molecule has 0 aromatic heterocycles. The molecule has 0 aliphatic carbocycles. The van der Waals surface area contributed by atoms with E-state index in [1.807, 2.05) is 37.3 Å². The summed E-state index contributed by atoms with van der Waals surface area (Å²) in [5.41, 5.74) is 1.19. The fourth-order valence-corrected chi connectivity index (χ4v) is 4.68. The van der Waals surface area contributed by atoms with E-state index in [1.165, 1.54) is 26.4 Å². The number of anilines is 1. The molecule has 3 aromatic rings. The first-order valence-corrected chi connectivity index (χ1v) is 11.4. The molecule has 0 aliphatic rings. The van der Waals surface area contributed by atoms with Crippen LogP contribution in [0.3, 0.4) is 0 Å². The van der Waals surface area contributed by atoms with Crippen LogP contribution in [0.15, 0.2) is 83.8 Å². The summed E-state index contributed by atoms with van der Waals surface area (Å²) in [7, 11) is -1.11. The van der Waals surface area contributed by atoms with Gasteiger partial charge in [-0.1, -0.05) is 42.5 Å². The van der Waals surface area contributed by atoms with E-state index in [1.54, 1.807) is 36.4 Å². The number of para-hydroxylation sites is 2. The lowest BCUT2D eigenvalue weighted by atomic mass is 10.1. The molecule has 8 heteroatoms. The zero-order valence-electron chi connectivity index (χ0n) is 18.2. The SMILES string of the molecule is COc1ccc(S(=O)(=O)N(CC(=O)N[C@@H](C)c2ccccc2)c2ccccc2OC)cc1. The van der Waals surface area contributed by atoms with Crippen molar-refractivity contribution < 1.29 is 22.7 Å². The Morgan fingerprint density at radius 1 is 0.906 bits per heavy atom. The van der Waals surface area contributed by atoms with E-state index in [0.29, 0.717) is 11.5 Å². The molecule has 0 aliphatic heterocycles. The maximum atomic E-state index is 13.5. The fourth-order valence-electron chi connectivity index (χ4n) is 3.25. The molecule has 1 amide bonds. The van der Waals surface area contributed by atoms with Crippen LogP contribution in [0.4, 0.5) is 5.69 Å². The first-order chi connectivity index (χ1) is 15.4. The largest absolute Gasteiger partial charge is 0.497 e. The van der Waals surface area contributed by atoms with Gasteiger partial charge in [-0.2, -0.15) is 0 Å². The van der Waals surface area contributed by atoms with Crippen molar-refractivity contribution in [3.63, 3.8) is 0 Å². The van der Waals surface area contributed by atoms with Gasteiger partial charge < -0.3 is 14.8 Å². The number of hydrogen-bond acceptors (Lipinski definition) is 5. The second-order valence-electron chi connectivity index (χ2n) is 7.06. The highest BCUT2D eigenvalue weighted by Crippen LogP contribution is 2.32. The van der Waals surface area contributed by atoms with Crippen molar-refractivity contribution in [3.8, 4) is 11.5 Å². The molecular weight excluding hydrogens is 428 g/mol. The lowest BCUT2D eigenvalue weighted by Crippen LogP contribution is -2.41. The van der Waals surface area contributed by atoms with Crippen molar-refractivity contribution in [3.05, 3.63) is 84.4 Å². The Kier molecular flexibility index (Phi) is 7.37. The summed E-state index contributed by atoms with van der Waals surface area (Å²) in [6.45, 7) is 1.44. The molecule has 1 atom stereocenters. The van der Waals surface area contributed by atoms with Crippen molar-refractivity contribution >= 4 is 21.6 Å². The zero-order chi connectivity index (χ0) is 23.1. The molecule has 7 nitrogen and oxygen atoms in total. The normalized spacial score (nSPS) is 12.0. The molecule has 0 radical (unpaired) electrons. The number of methoxy groups -OCH3 is 2. The standard InChI is InChI=1S/C24H26N2O5S/c1-18(19-9-5-4-6-10-19)25-24(27)17-26(22-11-7-8-12-23(22)31-3)32(28,29)21-15-13-20(30-2)14-16-21/h4-16,18H,17H2,1-3H3,(H,25,27)/t18-/m0/s1. The highest BCUT2D eigenvalue weighted by atomic mass is 32.2. The average molecular weight is 455 g/mol. The van der Waals surface area contributed by atoms with Crippen molar-refractivity contribution in [2.24, 2.45) is 0 Å². The van der Waals surface area contributed by atoms with Gasteiger partial charge in [-0.05, 0) is 48.9 Å². The number of amides is 1. The molecule has 168 valence electrons. The van der Waals surface area contributed by atoms with E-state index in [4.69, 9.17) is 9.47 Å². The molecule has 0 unspecified atom stereocenters. The van der Waals surface area contributed by atoms with E-state index in [-0.39, 0.29) is 16.6 Å². The van der Waals surface area contributed by atoms with Gasteiger partial charge in [0.05, 0.1) is 30.8 Å². The van der Waals surface area contributed by atoms with Gasteiger partial charge in [0.25, 0.3) is 10.0 Å². The second kappa shape index (κ2) is 10.2. The van der Waals surface area contributed by atoms with Crippen LogP contribution in [0, 0.1) is 0 Å². The number of rotatable bonds is 9. The van der Waals surface area contributed by atoms with Crippen LogP contribution in [0.5, 0.6) is 11.5 Å². The van der Waals surface area contributed by atoms with Crippen LogP contribution in [0.1, 0.15) is 18.5 Å². The van der Waals surface area contributed by atoms with E-state index >= 15 is 0 Å². The van der Waals surface area contributed by atoms with E-state index in [2.05, 4.69) is 5.32 Å². The third kappa shape index (κ3) is 5.20. The summed E-state index contributed by atoms with van der Waals surface area (Å²) in [5, 5.41) is 2.87. The van der Waals surface area contributed by atoms with Crippen LogP contribution in [0.25, 0.3) is 0 Å². The van der Waals surface area contributed by atoms with Crippen LogP contribution in [0.2, 0.25) is 0 Å². The molecule has 1 N–H and O–H groups in total. The van der Waals surface area contributed by atoms with Crippen molar-refractivity contribution in [2.75, 3.05) is 25.1 Å². The summed E-state index contributed by atoms with van der Waals surface area (Å²) >= 11 is 0. The van der Waals surface area contributed by atoms with Gasteiger partial charge in [-0.3, -0.25) is 9.10 Å². The third-order valence-corrected chi connectivity index (χ3v) is 6.74. The molecule has 0 bridgehead atoms. The van der Waals surface area contributed by atoms with Gasteiger partial charge in [0.1, 0.15) is 18.0 Å². The molecule has 32 heavy (non-hydrogen) atoms. The lowest BCUT2D eigenvalue weighted by molar-refractivity contribution is -0.120. The minimum Gasteiger partial charge on any atom is -0.497 e. The first kappa shape index (κ1) is 23.1. The van der Waals surface area contributed by atoms with Crippen molar-refractivity contribution in [1.29, 1.82) is 0 Å². The number of benzene rings is 3. The Morgan fingerprint density at radius 3 is 2.16 bits per heavy atom. The van der Waals surface area contributed by atoms with Crippen molar-refractivity contribution in [1.82, 2.24) is 5.32 Å². The molecule has 0 fully saturated rings. The molecule has 0 saturated carbocycles. The number of sulfonamides is 1. The Morgan fingerprint density at radius 2 is 1.53 bits per heavy atom. The molecule has 3 aromatic carbocycles. The maximum Gasteiger partial charge on any atom is 0.264 e. The predicted octanol–water partition coefficient (Wildman–Crippen LogP) is 3.78. The number of carbonyl (C=O) groups excluding carboxylic acids is 1. The Hall–Kier alpha value is -3.52. The first-order valence-electron chi connectivity index (χ1n) is 10.0. The quantitative estimate of drug-likeness (QED) is 0.532. The van der Waals surface area contributed by atoms with Gasteiger partial charge in [-0.15, -0.1) is 0 Å². The topological polar surface area (TPSA) is 84.9 Å². The molecule has 0 spiro atoms. The van der Waals surface area contributed by atoms with Crippen LogP contribution in [-0.2, 0) is 14.8 Å². The predicted molar refractivity (Wildman–Crippen MR) is 124 cm³/mol.